The van der Waals surface area contributed by atoms with Gasteiger partial charge in [-0.1, -0.05) is 34.1 Å². The molecule has 0 bridgehead atoms. The van der Waals surface area contributed by atoms with Crippen LogP contribution in [0.25, 0.3) is 0 Å². The first kappa shape index (κ1) is 14.6. The zero-order valence-corrected chi connectivity index (χ0v) is 10.6. The minimum atomic E-state index is -0.0289. The molecule has 0 amide bonds. The van der Waals surface area contributed by atoms with Crippen molar-refractivity contribution in [3.05, 3.63) is 0 Å². The van der Waals surface area contributed by atoms with Crippen molar-refractivity contribution in [2.24, 2.45) is 17.8 Å². The predicted octanol–water partition coefficient (Wildman–Crippen LogP) is 3.03. The van der Waals surface area contributed by atoms with Gasteiger partial charge >= 0.3 is 0 Å². The zero-order chi connectivity index (χ0) is 11.8. The summed E-state index contributed by atoms with van der Waals surface area (Å²) in [6.45, 7) is 8.47. The van der Waals surface area contributed by atoms with Crippen LogP contribution in [0, 0.1) is 17.8 Å². The molecule has 1 saturated carbocycles. The maximum atomic E-state index is 9.71. The summed E-state index contributed by atoms with van der Waals surface area (Å²) >= 11 is 0. The largest absolute Gasteiger partial charge is 0.393 e. The van der Waals surface area contributed by atoms with E-state index in [4.69, 9.17) is 0 Å². The van der Waals surface area contributed by atoms with Crippen LogP contribution in [0.2, 0.25) is 0 Å². The van der Waals surface area contributed by atoms with Gasteiger partial charge in [0.25, 0.3) is 0 Å². The quantitative estimate of drug-likeness (QED) is 0.717. The maximum Gasteiger partial charge on any atom is 0.119 e. The van der Waals surface area contributed by atoms with E-state index in [1.807, 2.05) is 6.92 Å². The summed E-state index contributed by atoms with van der Waals surface area (Å²) in [5, 5.41) is 9.71. The lowest BCUT2D eigenvalue weighted by Gasteiger charge is -2.33. The normalized spacial score (nSPS) is 30.7. The highest BCUT2D eigenvalue weighted by molar-refractivity contribution is 5.48. The Morgan fingerprint density at radius 3 is 2.27 bits per heavy atom. The van der Waals surface area contributed by atoms with E-state index < -0.39 is 0 Å². The third-order valence-electron chi connectivity index (χ3n) is 3.15. The lowest BCUT2D eigenvalue weighted by molar-refractivity contribution is -0.107. The molecular weight excluding hydrogens is 188 g/mol. The average molecular weight is 214 g/mol. The lowest BCUT2D eigenvalue weighted by atomic mass is 9.75. The Kier molecular flexibility index (Phi) is 7.67. The van der Waals surface area contributed by atoms with Crippen molar-refractivity contribution >= 4 is 6.29 Å². The second-order valence-electron chi connectivity index (χ2n) is 4.97. The molecule has 1 fully saturated rings. The third kappa shape index (κ3) is 5.93. The van der Waals surface area contributed by atoms with Crippen molar-refractivity contribution in [3.8, 4) is 0 Å². The molecule has 0 aliphatic heterocycles. The fourth-order valence-electron chi connectivity index (χ4n) is 2.15. The van der Waals surface area contributed by atoms with E-state index in [9.17, 15) is 9.90 Å². The van der Waals surface area contributed by atoms with Gasteiger partial charge in [-0.05, 0) is 30.6 Å². The molecule has 0 aromatic heterocycles. The van der Waals surface area contributed by atoms with Crippen molar-refractivity contribution in [2.45, 2.75) is 59.5 Å². The number of rotatable bonds is 2. The molecule has 3 unspecified atom stereocenters. The highest BCUT2D eigenvalue weighted by Crippen LogP contribution is 2.33. The smallest absolute Gasteiger partial charge is 0.119 e. The molecule has 1 N–H and O–H groups in total. The van der Waals surface area contributed by atoms with Gasteiger partial charge in [0.1, 0.15) is 6.29 Å². The van der Waals surface area contributed by atoms with E-state index in [0.29, 0.717) is 18.3 Å². The second-order valence-corrected chi connectivity index (χ2v) is 4.97. The maximum absolute atomic E-state index is 9.71. The number of hydrogen-bond acceptors (Lipinski definition) is 2. The van der Waals surface area contributed by atoms with Crippen molar-refractivity contribution in [3.63, 3.8) is 0 Å². The average Bonchev–Trinajstić information content (AvgIpc) is 2.17. The Balaban J connectivity index is 0.000000423. The standard InChI is InChI=1S/C10H20O.C3H6O/c1-7(2)9-5-4-8(3)6-10(9)11;1-2-3-4/h7-11H,4-6H2,1-3H3;3H,2H2,1H3. The molecule has 2 heteroatoms. The van der Waals surface area contributed by atoms with Crippen LogP contribution in [0.15, 0.2) is 0 Å². The Labute approximate surface area is 94.1 Å². The fraction of sp³-hybridized carbons (Fsp3) is 0.923. The first-order valence-electron chi connectivity index (χ1n) is 6.14. The van der Waals surface area contributed by atoms with Gasteiger partial charge in [-0.15, -0.1) is 0 Å². The molecule has 0 radical (unpaired) electrons. The van der Waals surface area contributed by atoms with Crippen molar-refractivity contribution in [2.75, 3.05) is 0 Å². The van der Waals surface area contributed by atoms with Gasteiger partial charge in [-0.2, -0.15) is 0 Å². The van der Waals surface area contributed by atoms with Gasteiger partial charge in [0.2, 0.25) is 0 Å². The second kappa shape index (κ2) is 7.86. The Morgan fingerprint density at radius 2 is 1.93 bits per heavy atom. The van der Waals surface area contributed by atoms with Crippen LogP contribution < -0.4 is 0 Å². The van der Waals surface area contributed by atoms with Crippen LogP contribution >= 0.6 is 0 Å². The Bertz CT molecular complexity index is 166. The van der Waals surface area contributed by atoms with Gasteiger partial charge in [-0.25, -0.2) is 0 Å². The van der Waals surface area contributed by atoms with Crippen LogP contribution in [0.5, 0.6) is 0 Å². The highest BCUT2D eigenvalue weighted by Gasteiger charge is 2.28. The molecular formula is C13H26O2. The van der Waals surface area contributed by atoms with Crippen LogP contribution in [-0.4, -0.2) is 17.5 Å². The van der Waals surface area contributed by atoms with E-state index in [0.717, 1.165) is 18.6 Å². The zero-order valence-electron chi connectivity index (χ0n) is 10.6. The number of carbonyl (C=O) groups is 1. The third-order valence-corrected chi connectivity index (χ3v) is 3.15. The van der Waals surface area contributed by atoms with Gasteiger partial charge in [-0.3, -0.25) is 0 Å². The monoisotopic (exact) mass is 214 g/mol. The molecule has 15 heavy (non-hydrogen) atoms. The molecule has 0 aromatic rings. The summed E-state index contributed by atoms with van der Waals surface area (Å²) in [5.74, 6) is 1.95. The molecule has 3 atom stereocenters. The van der Waals surface area contributed by atoms with E-state index in [1.165, 1.54) is 12.8 Å². The SMILES string of the molecule is CC1CCC(C(C)C)C(O)C1.CCC=O. The molecule has 0 aromatic carbocycles. The highest BCUT2D eigenvalue weighted by atomic mass is 16.3. The molecule has 0 heterocycles. The molecule has 1 aliphatic carbocycles. The Hall–Kier alpha value is -0.370. The number of aliphatic hydroxyl groups excluding tert-OH is 1. The topological polar surface area (TPSA) is 37.3 Å². The number of aldehydes is 1. The summed E-state index contributed by atoms with van der Waals surface area (Å²) in [5.41, 5.74) is 0. The lowest BCUT2D eigenvalue weighted by Crippen LogP contribution is -2.31. The van der Waals surface area contributed by atoms with Crippen molar-refractivity contribution in [1.29, 1.82) is 0 Å². The van der Waals surface area contributed by atoms with Crippen molar-refractivity contribution < 1.29 is 9.90 Å². The van der Waals surface area contributed by atoms with Gasteiger partial charge in [0.05, 0.1) is 6.10 Å². The van der Waals surface area contributed by atoms with E-state index in [2.05, 4.69) is 20.8 Å². The van der Waals surface area contributed by atoms with E-state index in [1.54, 1.807) is 0 Å². The van der Waals surface area contributed by atoms with Crippen molar-refractivity contribution in [1.82, 2.24) is 0 Å². The predicted molar refractivity (Wildman–Crippen MR) is 63.7 cm³/mol. The molecule has 90 valence electrons. The van der Waals surface area contributed by atoms with Crippen LogP contribution in [0.3, 0.4) is 0 Å². The molecule has 2 nitrogen and oxygen atoms in total. The minimum absolute atomic E-state index is 0.0289. The van der Waals surface area contributed by atoms with Gasteiger partial charge in [0, 0.05) is 6.42 Å². The summed E-state index contributed by atoms with van der Waals surface area (Å²) in [7, 11) is 0. The summed E-state index contributed by atoms with van der Waals surface area (Å²) in [6.07, 6.45) is 5.03. The van der Waals surface area contributed by atoms with E-state index >= 15 is 0 Å². The summed E-state index contributed by atoms with van der Waals surface area (Å²) in [6, 6.07) is 0. The summed E-state index contributed by atoms with van der Waals surface area (Å²) in [4.78, 5) is 9.17. The number of hydrogen-bond donors (Lipinski definition) is 1. The van der Waals surface area contributed by atoms with Gasteiger partial charge < -0.3 is 9.90 Å². The molecule has 1 aliphatic rings. The first-order chi connectivity index (χ1) is 7.02. The van der Waals surface area contributed by atoms with Crippen LogP contribution in [0.4, 0.5) is 0 Å². The summed E-state index contributed by atoms with van der Waals surface area (Å²) < 4.78 is 0. The molecule has 1 rings (SSSR count). The van der Waals surface area contributed by atoms with E-state index in [-0.39, 0.29) is 6.10 Å². The van der Waals surface area contributed by atoms with Crippen LogP contribution in [0.1, 0.15) is 53.4 Å². The minimum Gasteiger partial charge on any atom is -0.393 e. The van der Waals surface area contributed by atoms with Crippen LogP contribution in [-0.2, 0) is 4.79 Å². The molecule has 0 spiro atoms. The Morgan fingerprint density at radius 1 is 1.40 bits per heavy atom. The fourth-order valence-corrected chi connectivity index (χ4v) is 2.15. The van der Waals surface area contributed by atoms with Gasteiger partial charge in [0.15, 0.2) is 0 Å². The molecule has 0 saturated heterocycles. The first-order valence-corrected chi connectivity index (χ1v) is 6.14. The number of aliphatic hydroxyl groups is 1. The number of carbonyl (C=O) groups excluding carboxylic acids is 1.